The van der Waals surface area contributed by atoms with Gasteiger partial charge in [0.15, 0.2) is 5.75 Å². The average molecular weight is 272 g/mol. The van der Waals surface area contributed by atoms with E-state index in [4.69, 9.17) is 0 Å². The van der Waals surface area contributed by atoms with Gasteiger partial charge in [-0.15, -0.1) is 0 Å². The standard InChI is InChI=1S/C14H12N2O4/c1-9(17)15-12-4-2-3-10(7-12)11-5-6-14(18)13(8-11)16(19)20/h2-8,18H,1H3,(H,15,17). The van der Waals surface area contributed by atoms with Crippen LogP contribution in [0.4, 0.5) is 11.4 Å². The topological polar surface area (TPSA) is 92.5 Å². The molecule has 102 valence electrons. The van der Waals surface area contributed by atoms with Crippen LogP contribution in [-0.4, -0.2) is 15.9 Å². The Morgan fingerprint density at radius 2 is 1.90 bits per heavy atom. The van der Waals surface area contributed by atoms with Crippen molar-refractivity contribution in [2.24, 2.45) is 0 Å². The van der Waals surface area contributed by atoms with E-state index in [0.717, 1.165) is 0 Å². The first-order valence-electron chi connectivity index (χ1n) is 5.83. The summed E-state index contributed by atoms with van der Waals surface area (Å²) in [4.78, 5) is 21.2. The van der Waals surface area contributed by atoms with Gasteiger partial charge in [0.2, 0.25) is 5.91 Å². The molecule has 6 nitrogen and oxygen atoms in total. The van der Waals surface area contributed by atoms with Crippen LogP contribution in [0.3, 0.4) is 0 Å². The number of rotatable bonds is 3. The van der Waals surface area contributed by atoms with Gasteiger partial charge in [0.25, 0.3) is 0 Å². The zero-order chi connectivity index (χ0) is 14.7. The Hall–Kier alpha value is -2.89. The number of hydrogen-bond acceptors (Lipinski definition) is 4. The molecule has 0 bridgehead atoms. The van der Waals surface area contributed by atoms with E-state index in [1.54, 1.807) is 30.3 Å². The molecule has 0 unspecified atom stereocenters. The lowest BCUT2D eigenvalue weighted by Crippen LogP contribution is -2.05. The molecule has 20 heavy (non-hydrogen) atoms. The lowest BCUT2D eigenvalue weighted by atomic mass is 10.0. The summed E-state index contributed by atoms with van der Waals surface area (Å²) in [5.41, 5.74) is 1.54. The Morgan fingerprint density at radius 1 is 1.20 bits per heavy atom. The van der Waals surface area contributed by atoms with Gasteiger partial charge in [0.05, 0.1) is 4.92 Å². The number of hydrogen-bond donors (Lipinski definition) is 2. The normalized spacial score (nSPS) is 10.1. The van der Waals surface area contributed by atoms with Crippen molar-refractivity contribution in [3.05, 3.63) is 52.6 Å². The summed E-state index contributed by atoms with van der Waals surface area (Å²) in [5, 5.41) is 22.9. The maximum absolute atomic E-state index is 11.0. The number of benzene rings is 2. The van der Waals surface area contributed by atoms with E-state index in [0.29, 0.717) is 16.8 Å². The molecule has 0 fully saturated rings. The summed E-state index contributed by atoms with van der Waals surface area (Å²) < 4.78 is 0. The largest absolute Gasteiger partial charge is 0.502 e. The summed E-state index contributed by atoms with van der Waals surface area (Å²) in [7, 11) is 0. The van der Waals surface area contributed by atoms with Gasteiger partial charge < -0.3 is 10.4 Å². The number of nitrogens with one attached hydrogen (secondary N) is 1. The van der Waals surface area contributed by atoms with Gasteiger partial charge in [-0.25, -0.2) is 0 Å². The smallest absolute Gasteiger partial charge is 0.311 e. The van der Waals surface area contributed by atoms with Crippen molar-refractivity contribution in [1.82, 2.24) is 0 Å². The number of aromatic hydroxyl groups is 1. The molecule has 0 spiro atoms. The van der Waals surface area contributed by atoms with Crippen molar-refractivity contribution in [2.75, 3.05) is 5.32 Å². The second-order valence-corrected chi connectivity index (χ2v) is 4.22. The maximum Gasteiger partial charge on any atom is 0.311 e. The van der Waals surface area contributed by atoms with Gasteiger partial charge in [-0.05, 0) is 29.3 Å². The van der Waals surface area contributed by atoms with Crippen LogP contribution >= 0.6 is 0 Å². The number of phenolic OH excluding ortho intramolecular Hbond substituents is 1. The minimum absolute atomic E-state index is 0.196. The van der Waals surface area contributed by atoms with Crippen molar-refractivity contribution in [3.8, 4) is 16.9 Å². The molecule has 0 radical (unpaired) electrons. The summed E-state index contributed by atoms with van der Waals surface area (Å²) in [6.07, 6.45) is 0. The number of nitrogens with zero attached hydrogens (tertiary/aromatic N) is 1. The Labute approximate surface area is 114 Å². The highest BCUT2D eigenvalue weighted by molar-refractivity contribution is 5.89. The highest BCUT2D eigenvalue weighted by Gasteiger charge is 2.14. The predicted molar refractivity (Wildman–Crippen MR) is 74.5 cm³/mol. The first-order chi connectivity index (χ1) is 9.47. The highest BCUT2D eigenvalue weighted by atomic mass is 16.6. The molecule has 2 N–H and O–H groups in total. The number of phenols is 1. The monoisotopic (exact) mass is 272 g/mol. The molecule has 0 saturated carbocycles. The minimum atomic E-state index is -0.642. The van der Waals surface area contributed by atoms with Crippen LogP contribution < -0.4 is 5.32 Å². The fraction of sp³-hybridized carbons (Fsp3) is 0.0714. The molecule has 0 aliphatic carbocycles. The van der Waals surface area contributed by atoms with E-state index < -0.39 is 4.92 Å². The molecule has 1 amide bonds. The van der Waals surface area contributed by atoms with E-state index in [9.17, 15) is 20.0 Å². The quantitative estimate of drug-likeness (QED) is 0.663. The maximum atomic E-state index is 11.0. The molecule has 0 aromatic heterocycles. The van der Waals surface area contributed by atoms with E-state index in [1.165, 1.54) is 19.1 Å². The fourth-order valence-corrected chi connectivity index (χ4v) is 1.83. The van der Waals surface area contributed by atoms with E-state index in [2.05, 4.69) is 5.32 Å². The third-order valence-electron chi connectivity index (χ3n) is 2.69. The van der Waals surface area contributed by atoms with Crippen LogP contribution in [-0.2, 0) is 4.79 Å². The summed E-state index contributed by atoms with van der Waals surface area (Å²) in [6.45, 7) is 1.40. The second-order valence-electron chi connectivity index (χ2n) is 4.22. The molecule has 0 aliphatic rings. The Kier molecular flexibility index (Phi) is 3.65. The van der Waals surface area contributed by atoms with Crippen molar-refractivity contribution in [1.29, 1.82) is 0 Å². The summed E-state index contributed by atoms with van der Waals surface area (Å²) >= 11 is 0. The van der Waals surface area contributed by atoms with Crippen LogP contribution in [0.1, 0.15) is 6.92 Å². The van der Waals surface area contributed by atoms with Gasteiger partial charge >= 0.3 is 5.69 Å². The SMILES string of the molecule is CC(=O)Nc1cccc(-c2ccc(O)c([N+](=O)[O-])c2)c1. The van der Waals surface area contributed by atoms with Crippen LogP contribution in [0.2, 0.25) is 0 Å². The number of nitro benzene ring substituents is 1. The lowest BCUT2D eigenvalue weighted by Gasteiger charge is -2.06. The first kappa shape index (κ1) is 13.5. The van der Waals surface area contributed by atoms with Crippen molar-refractivity contribution >= 4 is 17.3 Å². The van der Waals surface area contributed by atoms with E-state index in [1.807, 2.05) is 0 Å². The number of anilines is 1. The summed E-state index contributed by atoms with van der Waals surface area (Å²) in [5.74, 6) is -0.574. The number of nitro groups is 1. The Bertz CT molecular complexity index is 683. The van der Waals surface area contributed by atoms with Gasteiger partial charge in [0.1, 0.15) is 0 Å². The third kappa shape index (κ3) is 2.92. The van der Waals surface area contributed by atoms with Crippen LogP contribution in [0.15, 0.2) is 42.5 Å². The molecular formula is C14H12N2O4. The molecule has 2 aromatic carbocycles. The molecule has 2 aromatic rings. The number of carbonyl (C=O) groups excluding carboxylic acids is 1. The van der Waals surface area contributed by atoms with Crippen LogP contribution in [0, 0.1) is 10.1 Å². The molecule has 0 heterocycles. The van der Waals surface area contributed by atoms with Crippen molar-refractivity contribution in [2.45, 2.75) is 6.92 Å². The number of amides is 1. The highest BCUT2D eigenvalue weighted by Crippen LogP contribution is 2.32. The minimum Gasteiger partial charge on any atom is -0.502 e. The Balaban J connectivity index is 2.43. The molecule has 6 heteroatoms. The fourth-order valence-electron chi connectivity index (χ4n) is 1.83. The molecule has 0 atom stereocenters. The van der Waals surface area contributed by atoms with Crippen LogP contribution in [0.5, 0.6) is 5.75 Å². The molecule has 0 aliphatic heterocycles. The van der Waals surface area contributed by atoms with Crippen molar-refractivity contribution in [3.63, 3.8) is 0 Å². The second kappa shape index (κ2) is 5.40. The third-order valence-corrected chi connectivity index (χ3v) is 2.69. The lowest BCUT2D eigenvalue weighted by molar-refractivity contribution is -0.385. The van der Waals surface area contributed by atoms with Gasteiger partial charge in [-0.3, -0.25) is 14.9 Å². The zero-order valence-electron chi connectivity index (χ0n) is 10.7. The van der Waals surface area contributed by atoms with Crippen LogP contribution in [0.25, 0.3) is 11.1 Å². The summed E-state index contributed by atoms with van der Waals surface area (Å²) in [6, 6.07) is 11.1. The predicted octanol–water partition coefficient (Wildman–Crippen LogP) is 2.93. The average Bonchev–Trinajstić information content (AvgIpc) is 2.38. The van der Waals surface area contributed by atoms with Crippen molar-refractivity contribution < 1.29 is 14.8 Å². The van der Waals surface area contributed by atoms with Gasteiger partial charge in [-0.2, -0.15) is 0 Å². The van der Waals surface area contributed by atoms with E-state index in [-0.39, 0.29) is 17.3 Å². The van der Waals surface area contributed by atoms with E-state index >= 15 is 0 Å². The van der Waals surface area contributed by atoms with Gasteiger partial charge in [-0.1, -0.05) is 18.2 Å². The van der Waals surface area contributed by atoms with Gasteiger partial charge in [0, 0.05) is 18.7 Å². The number of carbonyl (C=O) groups is 1. The Morgan fingerprint density at radius 3 is 2.55 bits per heavy atom. The molecule has 0 saturated heterocycles. The molecular weight excluding hydrogens is 260 g/mol. The molecule has 2 rings (SSSR count). The first-order valence-corrected chi connectivity index (χ1v) is 5.83. The zero-order valence-corrected chi connectivity index (χ0v) is 10.7.